The maximum Gasteiger partial charge on any atom is 0.289 e. The Balaban J connectivity index is 3.67. The summed E-state index contributed by atoms with van der Waals surface area (Å²) in [5.74, 6) is 0. The van der Waals surface area contributed by atoms with Crippen molar-refractivity contribution in [1.82, 2.24) is 0 Å². The Morgan fingerprint density at radius 3 is 2.44 bits per heavy atom. The van der Waals surface area contributed by atoms with Crippen LogP contribution in [0.1, 0.15) is 5.56 Å². The molecule has 0 aliphatic carbocycles. The summed E-state index contributed by atoms with van der Waals surface area (Å²) in [4.78, 5) is 9.14. The van der Waals surface area contributed by atoms with E-state index in [-0.39, 0.29) is 10.5 Å². The Labute approximate surface area is 100 Å². The van der Waals surface area contributed by atoms with Crippen molar-refractivity contribution < 1.29 is 13.3 Å². The van der Waals surface area contributed by atoms with Crippen molar-refractivity contribution in [2.75, 3.05) is 0 Å². The molecule has 0 heterocycles. The van der Waals surface area contributed by atoms with E-state index in [0.717, 1.165) is 12.1 Å². The Kier molecular flexibility index (Phi) is 3.42. The van der Waals surface area contributed by atoms with Crippen LogP contribution in [-0.4, -0.2) is 13.3 Å². The van der Waals surface area contributed by atoms with Gasteiger partial charge in [0.25, 0.3) is 14.7 Å². The predicted molar refractivity (Wildman–Crippen MR) is 58.1 cm³/mol. The van der Waals surface area contributed by atoms with Gasteiger partial charge in [-0.05, 0) is 6.07 Å². The molecule has 0 atom stereocenters. The molecule has 0 unspecified atom stereocenters. The van der Waals surface area contributed by atoms with Gasteiger partial charge < -0.3 is 0 Å². The van der Waals surface area contributed by atoms with E-state index in [0.29, 0.717) is 0 Å². The minimum Gasteiger partial charge on any atom is -0.258 e. The van der Waals surface area contributed by atoms with Crippen LogP contribution in [0, 0.1) is 21.4 Å². The van der Waals surface area contributed by atoms with Crippen molar-refractivity contribution in [2.45, 2.75) is 9.79 Å². The molecule has 1 aromatic rings. The summed E-state index contributed by atoms with van der Waals surface area (Å²) in [5.41, 5.74) is -0.952. The Morgan fingerprint density at radius 1 is 1.50 bits per heavy atom. The van der Waals surface area contributed by atoms with Gasteiger partial charge in [-0.25, -0.2) is 8.42 Å². The van der Waals surface area contributed by atoms with Crippen molar-refractivity contribution >= 4 is 38.0 Å². The van der Waals surface area contributed by atoms with Gasteiger partial charge in [0.1, 0.15) is 11.6 Å². The minimum absolute atomic E-state index is 0.115. The molecule has 0 aliphatic heterocycles. The predicted octanol–water partition coefficient (Wildman–Crippen LogP) is 1.68. The fraction of sp³-hybridized carbons (Fsp3) is 0. The second kappa shape index (κ2) is 4.29. The molecule has 0 amide bonds. The third kappa shape index (κ3) is 2.44. The quantitative estimate of drug-likeness (QED) is 0.384. The third-order valence-electron chi connectivity index (χ3n) is 1.66. The van der Waals surface area contributed by atoms with E-state index in [2.05, 4.69) is 12.6 Å². The van der Waals surface area contributed by atoms with Gasteiger partial charge in [0.15, 0.2) is 0 Å². The van der Waals surface area contributed by atoms with Crippen molar-refractivity contribution in [3.8, 4) is 6.07 Å². The maximum atomic E-state index is 11.0. The van der Waals surface area contributed by atoms with Crippen molar-refractivity contribution in [2.24, 2.45) is 0 Å². The molecule has 0 saturated carbocycles. The van der Waals surface area contributed by atoms with Crippen LogP contribution in [0.5, 0.6) is 0 Å². The summed E-state index contributed by atoms with van der Waals surface area (Å²) >= 11 is 3.79. The number of thiol groups is 1. The van der Waals surface area contributed by atoms with Gasteiger partial charge >= 0.3 is 0 Å². The van der Waals surface area contributed by atoms with E-state index in [1.165, 1.54) is 0 Å². The lowest BCUT2D eigenvalue weighted by atomic mass is 10.2. The first-order chi connectivity index (χ1) is 7.27. The molecule has 0 saturated heterocycles. The molecule has 84 valence electrons. The molecule has 0 radical (unpaired) electrons. The topological polar surface area (TPSA) is 101 Å². The highest BCUT2D eigenvalue weighted by Crippen LogP contribution is 2.29. The zero-order valence-electron chi connectivity index (χ0n) is 7.42. The standard InChI is InChI=1S/C7H3ClN2O4S2/c8-16(13,14)4-1-6(10(11)12)5(3-9)7(15)2-4/h1-2,15H. The van der Waals surface area contributed by atoms with Crippen LogP contribution in [0.25, 0.3) is 0 Å². The summed E-state index contributed by atoms with van der Waals surface area (Å²) < 4.78 is 22.0. The number of hydrogen-bond acceptors (Lipinski definition) is 6. The highest BCUT2D eigenvalue weighted by Gasteiger charge is 2.22. The summed E-state index contributed by atoms with van der Waals surface area (Å²) in [5, 5.41) is 19.3. The van der Waals surface area contributed by atoms with Crippen LogP contribution in [0.3, 0.4) is 0 Å². The van der Waals surface area contributed by atoms with Crippen molar-refractivity contribution in [3.63, 3.8) is 0 Å². The summed E-state index contributed by atoms with van der Waals surface area (Å²) in [6, 6.07) is 3.27. The van der Waals surface area contributed by atoms with Crippen LogP contribution < -0.4 is 0 Å². The zero-order valence-corrected chi connectivity index (χ0v) is 9.88. The third-order valence-corrected chi connectivity index (χ3v) is 3.35. The molecule has 1 rings (SSSR count). The van der Waals surface area contributed by atoms with E-state index in [1.54, 1.807) is 6.07 Å². The number of nitro groups is 1. The van der Waals surface area contributed by atoms with Crippen LogP contribution >= 0.6 is 23.3 Å². The number of halogens is 1. The summed E-state index contributed by atoms with van der Waals surface area (Å²) in [6.07, 6.45) is 0. The zero-order chi connectivity index (χ0) is 12.5. The Hall–Kier alpha value is -1.30. The highest BCUT2D eigenvalue weighted by atomic mass is 35.7. The SMILES string of the molecule is N#Cc1c(S)cc(S(=O)(=O)Cl)cc1[N+](=O)[O-]. The van der Waals surface area contributed by atoms with E-state index < -0.39 is 24.6 Å². The van der Waals surface area contributed by atoms with Crippen LogP contribution in [0.4, 0.5) is 5.69 Å². The normalized spacial score (nSPS) is 10.8. The largest absolute Gasteiger partial charge is 0.289 e. The average Bonchev–Trinajstić information content (AvgIpc) is 2.14. The van der Waals surface area contributed by atoms with Crippen LogP contribution in [-0.2, 0) is 9.05 Å². The van der Waals surface area contributed by atoms with Crippen LogP contribution in [0.15, 0.2) is 21.9 Å². The van der Waals surface area contributed by atoms with E-state index >= 15 is 0 Å². The molecular weight excluding hydrogens is 276 g/mol. The number of nitrogens with zero attached hydrogens (tertiary/aromatic N) is 2. The molecule has 1 aromatic carbocycles. The molecule has 16 heavy (non-hydrogen) atoms. The molecule has 0 spiro atoms. The van der Waals surface area contributed by atoms with E-state index in [9.17, 15) is 18.5 Å². The first-order valence-electron chi connectivity index (χ1n) is 3.63. The van der Waals surface area contributed by atoms with Gasteiger partial charge in [-0.1, -0.05) is 0 Å². The molecule has 0 fully saturated rings. The van der Waals surface area contributed by atoms with E-state index in [4.69, 9.17) is 15.9 Å². The lowest BCUT2D eigenvalue weighted by molar-refractivity contribution is -0.385. The van der Waals surface area contributed by atoms with Crippen molar-refractivity contribution in [3.05, 3.63) is 27.8 Å². The van der Waals surface area contributed by atoms with Crippen molar-refractivity contribution in [1.29, 1.82) is 5.26 Å². The lowest BCUT2D eigenvalue weighted by Gasteiger charge is -2.01. The molecule has 0 aromatic heterocycles. The number of rotatable bonds is 2. The molecule has 9 heteroatoms. The van der Waals surface area contributed by atoms with Gasteiger partial charge in [-0.3, -0.25) is 10.1 Å². The second-order valence-electron chi connectivity index (χ2n) is 2.64. The fourth-order valence-corrected chi connectivity index (χ4v) is 2.16. The maximum absolute atomic E-state index is 11.0. The Morgan fingerprint density at radius 2 is 2.06 bits per heavy atom. The molecule has 6 nitrogen and oxygen atoms in total. The fourth-order valence-electron chi connectivity index (χ4n) is 0.986. The van der Waals surface area contributed by atoms with Crippen LogP contribution in [0.2, 0.25) is 0 Å². The molecule has 0 aliphatic rings. The smallest absolute Gasteiger partial charge is 0.258 e. The summed E-state index contributed by atoms with van der Waals surface area (Å²) in [7, 11) is 0.939. The number of hydrogen-bond donors (Lipinski definition) is 1. The number of nitro benzene ring substituents is 1. The lowest BCUT2D eigenvalue weighted by Crippen LogP contribution is -1.98. The minimum atomic E-state index is -4.10. The molecule has 0 bridgehead atoms. The van der Waals surface area contributed by atoms with E-state index in [1.807, 2.05) is 0 Å². The first kappa shape index (κ1) is 12.8. The highest BCUT2D eigenvalue weighted by molar-refractivity contribution is 8.13. The van der Waals surface area contributed by atoms with Gasteiger partial charge in [0.05, 0.1) is 9.82 Å². The monoisotopic (exact) mass is 278 g/mol. The Bertz CT molecular complexity index is 606. The molecule has 0 N–H and O–H groups in total. The number of nitriles is 1. The second-order valence-corrected chi connectivity index (χ2v) is 5.69. The van der Waals surface area contributed by atoms with Gasteiger partial charge in [-0.2, -0.15) is 5.26 Å². The van der Waals surface area contributed by atoms with Gasteiger partial charge in [-0.15, -0.1) is 12.6 Å². The average molecular weight is 279 g/mol. The molecular formula is C7H3ClN2O4S2. The van der Waals surface area contributed by atoms with Gasteiger partial charge in [0.2, 0.25) is 0 Å². The summed E-state index contributed by atoms with van der Waals surface area (Å²) in [6.45, 7) is 0. The van der Waals surface area contributed by atoms with Gasteiger partial charge in [0, 0.05) is 21.6 Å². The first-order valence-corrected chi connectivity index (χ1v) is 6.39. The number of benzene rings is 1.